The predicted molar refractivity (Wildman–Crippen MR) is 101 cm³/mol. The summed E-state index contributed by atoms with van der Waals surface area (Å²) in [6.45, 7) is 2.34. The number of nitrogens with zero attached hydrogens (tertiary/aromatic N) is 2. The number of amides is 1. The molecule has 4 nitrogen and oxygen atoms in total. The van der Waals surface area contributed by atoms with Crippen molar-refractivity contribution in [1.29, 1.82) is 0 Å². The molecule has 3 heterocycles. The molecular formula is C22H24N2O2. The van der Waals surface area contributed by atoms with Crippen LogP contribution >= 0.6 is 0 Å². The summed E-state index contributed by atoms with van der Waals surface area (Å²) in [5.74, 6) is 0. The Morgan fingerprint density at radius 3 is 2.77 bits per heavy atom. The van der Waals surface area contributed by atoms with E-state index in [9.17, 15) is 4.79 Å². The molecule has 0 spiro atoms. The first-order valence-electron chi connectivity index (χ1n) is 9.34. The van der Waals surface area contributed by atoms with Crippen molar-refractivity contribution in [2.75, 3.05) is 0 Å². The second-order valence-electron chi connectivity index (χ2n) is 7.16. The number of ether oxygens (including phenoxy) is 1. The Morgan fingerprint density at radius 2 is 2.00 bits per heavy atom. The van der Waals surface area contributed by atoms with E-state index in [0.29, 0.717) is 6.61 Å². The first-order chi connectivity index (χ1) is 12.7. The van der Waals surface area contributed by atoms with Gasteiger partial charge in [-0.25, -0.2) is 4.79 Å². The van der Waals surface area contributed by atoms with Crippen molar-refractivity contribution in [3.63, 3.8) is 0 Å². The number of aryl methyl sites for hydroxylation is 1. The molecule has 1 aromatic heterocycles. The van der Waals surface area contributed by atoms with Crippen LogP contribution in [0.2, 0.25) is 0 Å². The average molecular weight is 348 g/mol. The lowest BCUT2D eigenvalue weighted by Crippen LogP contribution is -2.51. The van der Waals surface area contributed by atoms with Crippen LogP contribution in [0, 0.1) is 6.92 Å². The molecule has 2 aliphatic rings. The van der Waals surface area contributed by atoms with Gasteiger partial charge in [-0.05, 0) is 55.9 Å². The van der Waals surface area contributed by atoms with Gasteiger partial charge in [-0.2, -0.15) is 0 Å². The van der Waals surface area contributed by atoms with E-state index in [2.05, 4.69) is 23.2 Å². The molecule has 1 aromatic carbocycles. The third-order valence-electron chi connectivity index (χ3n) is 5.27. The minimum atomic E-state index is -0.198. The SMILES string of the molecule is Cc1cccc(C2=CC3CCCC(C2)N3C(=O)OCc2ccccc2)n1. The summed E-state index contributed by atoms with van der Waals surface area (Å²) >= 11 is 0. The van der Waals surface area contributed by atoms with Crippen LogP contribution in [-0.4, -0.2) is 28.1 Å². The van der Waals surface area contributed by atoms with Crippen molar-refractivity contribution in [1.82, 2.24) is 9.88 Å². The number of aromatic nitrogens is 1. The highest BCUT2D eigenvalue weighted by Gasteiger charge is 2.38. The second-order valence-corrected chi connectivity index (χ2v) is 7.16. The van der Waals surface area contributed by atoms with Crippen LogP contribution in [0.3, 0.4) is 0 Å². The van der Waals surface area contributed by atoms with Gasteiger partial charge in [0.25, 0.3) is 0 Å². The fourth-order valence-corrected chi connectivity index (χ4v) is 4.02. The van der Waals surface area contributed by atoms with Crippen LogP contribution in [0.5, 0.6) is 0 Å². The van der Waals surface area contributed by atoms with Gasteiger partial charge >= 0.3 is 6.09 Å². The van der Waals surface area contributed by atoms with Crippen molar-refractivity contribution >= 4 is 11.7 Å². The van der Waals surface area contributed by atoms with E-state index in [1.807, 2.05) is 48.2 Å². The Bertz CT molecular complexity index is 816. The average Bonchev–Trinajstić information content (AvgIpc) is 2.66. The molecule has 4 heteroatoms. The van der Waals surface area contributed by atoms with E-state index in [4.69, 9.17) is 4.74 Å². The van der Waals surface area contributed by atoms with Gasteiger partial charge in [0.2, 0.25) is 0 Å². The molecule has 0 saturated carbocycles. The number of carbonyl (C=O) groups is 1. The number of hydrogen-bond acceptors (Lipinski definition) is 3. The van der Waals surface area contributed by atoms with Crippen molar-refractivity contribution in [3.05, 3.63) is 71.6 Å². The van der Waals surface area contributed by atoms with Crippen LogP contribution < -0.4 is 0 Å². The Labute approximate surface area is 154 Å². The number of benzene rings is 1. The molecule has 1 fully saturated rings. The molecular weight excluding hydrogens is 324 g/mol. The highest BCUT2D eigenvalue weighted by atomic mass is 16.6. The number of hydrogen-bond donors (Lipinski definition) is 0. The summed E-state index contributed by atoms with van der Waals surface area (Å²) < 4.78 is 5.61. The van der Waals surface area contributed by atoms with Gasteiger partial charge in [-0.1, -0.05) is 42.5 Å². The van der Waals surface area contributed by atoms with Gasteiger partial charge in [-0.3, -0.25) is 9.88 Å². The van der Waals surface area contributed by atoms with E-state index in [0.717, 1.165) is 42.6 Å². The van der Waals surface area contributed by atoms with Gasteiger partial charge in [-0.15, -0.1) is 0 Å². The van der Waals surface area contributed by atoms with Crippen molar-refractivity contribution in [3.8, 4) is 0 Å². The molecule has 0 radical (unpaired) electrons. The van der Waals surface area contributed by atoms with Crippen molar-refractivity contribution in [2.45, 2.75) is 51.3 Å². The Kier molecular flexibility index (Phi) is 4.74. The van der Waals surface area contributed by atoms with Gasteiger partial charge in [0, 0.05) is 11.7 Å². The first kappa shape index (κ1) is 16.8. The maximum atomic E-state index is 12.7. The summed E-state index contributed by atoms with van der Waals surface area (Å²) in [6, 6.07) is 16.3. The smallest absolute Gasteiger partial charge is 0.410 e. The van der Waals surface area contributed by atoms with Crippen LogP contribution in [-0.2, 0) is 11.3 Å². The molecule has 1 amide bonds. The van der Waals surface area contributed by atoms with Gasteiger partial charge < -0.3 is 4.74 Å². The number of piperidine rings is 1. The summed E-state index contributed by atoms with van der Waals surface area (Å²) in [4.78, 5) is 19.4. The Balaban J connectivity index is 1.50. The molecule has 26 heavy (non-hydrogen) atoms. The van der Waals surface area contributed by atoms with E-state index in [1.54, 1.807) is 0 Å². The van der Waals surface area contributed by atoms with Crippen LogP contribution in [0.25, 0.3) is 5.57 Å². The fraction of sp³-hybridized carbons (Fsp3) is 0.364. The lowest BCUT2D eigenvalue weighted by Gasteiger charge is -2.44. The molecule has 2 bridgehead atoms. The largest absolute Gasteiger partial charge is 0.445 e. The topological polar surface area (TPSA) is 42.4 Å². The number of rotatable bonds is 3. The first-order valence-corrected chi connectivity index (χ1v) is 9.34. The summed E-state index contributed by atoms with van der Waals surface area (Å²) in [5.41, 5.74) is 4.34. The second kappa shape index (κ2) is 7.32. The highest BCUT2D eigenvalue weighted by molar-refractivity contribution is 5.73. The molecule has 2 aliphatic heterocycles. The van der Waals surface area contributed by atoms with Crippen molar-refractivity contribution in [2.24, 2.45) is 0 Å². The van der Waals surface area contributed by atoms with Gasteiger partial charge in [0.05, 0.1) is 11.7 Å². The number of carbonyl (C=O) groups excluding carboxylic acids is 1. The maximum Gasteiger partial charge on any atom is 0.410 e. The van der Waals surface area contributed by atoms with Crippen LogP contribution in [0.4, 0.5) is 4.79 Å². The van der Waals surface area contributed by atoms with Gasteiger partial charge in [0.15, 0.2) is 0 Å². The zero-order chi connectivity index (χ0) is 17.9. The summed E-state index contributed by atoms with van der Waals surface area (Å²) in [5, 5.41) is 0. The monoisotopic (exact) mass is 348 g/mol. The molecule has 4 rings (SSSR count). The predicted octanol–water partition coefficient (Wildman–Crippen LogP) is 4.74. The molecule has 0 aliphatic carbocycles. The standard InChI is InChI=1S/C22H24N2O2/c1-16-7-5-12-21(23-16)18-13-19-10-6-11-20(14-18)24(19)22(25)26-15-17-8-3-2-4-9-17/h2-5,7-9,12-13,19-20H,6,10-11,14-15H2,1H3. The Hall–Kier alpha value is -2.62. The normalized spacial score (nSPS) is 21.9. The van der Waals surface area contributed by atoms with Crippen molar-refractivity contribution < 1.29 is 9.53 Å². The third kappa shape index (κ3) is 3.50. The quantitative estimate of drug-likeness (QED) is 0.805. The molecule has 2 atom stereocenters. The van der Waals surface area contributed by atoms with Crippen LogP contribution in [0.15, 0.2) is 54.6 Å². The molecule has 1 saturated heterocycles. The Morgan fingerprint density at radius 1 is 1.15 bits per heavy atom. The van der Waals surface area contributed by atoms with Crippen LogP contribution in [0.1, 0.15) is 42.6 Å². The minimum absolute atomic E-state index is 0.114. The zero-order valence-corrected chi connectivity index (χ0v) is 15.1. The van der Waals surface area contributed by atoms with E-state index < -0.39 is 0 Å². The minimum Gasteiger partial charge on any atom is -0.445 e. The highest BCUT2D eigenvalue weighted by Crippen LogP contribution is 2.37. The van der Waals surface area contributed by atoms with E-state index in [1.165, 1.54) is 5.57 Å². The van der Waals surface area contributed by atoms with Gasteiger partial charge in [0.1, 0.15) is 6.61 Å². The van der Waals surface area contributed by atoms with E-state index >= 15 is 0 Å². The van der Waals surface area contributed by atoms with E-state index in [-0.39, 0.29) is 18.2 Å². The third-order valence-corrected chi connectivity index (χ3v) is 5.27. The molecule has 2 aromatic rings. The lowest BCUT2D eigenvalue weighted by atomic mass is 9.84. The molecule has 0 N–H and O–H groups in total. The maximum absolute atomic E-state index is 12.7. The molecule has 2 unspecified atom stereocenters. The number of pyridine rings is 1. The lowest BCUT2D eigenvalue weighted by molar-refractivity contribution is 0.0510. The summed E-state index contributed by atoms with van der Waals surface area (Å²) in [7, 11) is 0. The zero-order valence-electron chi connectivity index (χ0n) is 15.1. The summed E-state index contributed by atoms with van der Waals surface area (Å²) in [6.07, 6.45) is 6.06. The molecule has 134 valence electrons. The fourth-order valence-electron chi connectivity index (χ4n) is 4.02. The number of fused-ring (bicyclic) bond motifs is 2.